The van der Waals surface area contributed by atoms with Gasteiger partial charge in [0.05, 0.1) is 17.0 Å². The predicted octanol–water partition coefficient (Wildman–Crippen LogP) is 3.43. The fourth-order valence-electron chi connectivity index (χ4n) is 2.77. The van der Waals surface area contributed by atoms with Crippen LogP contribution in [0, 0.1) is 5.41 Å². The Morgan fingerprint density at radius 3 is 2.57 bits per heavy atom. The number of halogens is 1. The zero-order valence-electron chi connectivity index (χ0n) is 11.8. The third-order valence-corrected chi connectivity index (χ3v) is 4.57. The van der Waals surface area contributed by atoms with Gasteiger partial charge in [0, 0.05) is 12.1 Å². The van der Waals surface area contributed by atoms with Crippen LogP contribution in [0.4, 0.5) is 5.69 Å². The van der Waals surface area contributed by atoms with Crippen LogP contribution in [0.5, 0.6) is 5.75 Å². The number of carbonyl (C=O) groups is 2. The molecule has 0 unspecified atom stereocenters. The maximum atomic E-state index is 12.1. The number of carboxylic acids is 1. The van der Waals surface area contributed by atoms with Crippen molar-refractivity contribution in [2.75, 3.05) is 12.4 Å². The van der Waals surface area contributed by atoms with Crippen LogP contribution in [-0.4, -0.2) is 24.1 Å². The van der Waals surface area contributed by atoms with Gasteiger partial charge < -0.3 is 15.2 Å². The van der Waals surface area contributed by atoms with Crippen molar-refractivity contribution in [1.29, 1.82) is 0 Å². The van der Waals surface area contributed by atoms with E-state index >= 15 is 0 Å². The number of ether oxygens (including phenoxy) is 1. The van der Waals surface area contributed by atoms with Gasteiger partial charge in [-0.15, -0.1) is 0 Å². The number of aliphatic carboxylic acids is 1. The van der Waals surface area contributed by atoms with Crippen LogP contribution in [-0.2, 0) is 9.59 Å². The SMILES string of the molecule is COc1ccc(NC(=O)CC2(C(=O)O)CCCC2)cc1Br. The minimum absolute atomic E-state index is 0.0198. The quantitative estimate of drug-likeness (QED) is 0.848. The molecule has 1 amide bonds. The van der Waals surface area contributed by atoms with Gasteiger partial charge in [0.1, 0.15) is 5.75 Å². The molecule has 0 bridgehead atoms. The van der Waals surface area contributed by atoms with E-state index in [9.17, 15) is 14.7 Å². The summed E-state index contributed by atoms with van der Waals surface area (Å²) in [6.45, 7) is 0. The molecule has 1 aromatic carbocycles. The zero-order chi connectivity index (χ0) is 15.5. The highest BCUT2D eigenvalue weighted by molar-refractivity contribution is 9.10. The van der Waals surface area contributed by atoms with E-state index in [1.54, 1.807) is 25.3 Å². The molecule has 0 aliphatic heterocycles. The van der Waals surface area contributed by atoms with Crippen LogP contribution in [0.2, 0.25) is 0 Å². The topological polar surface area (TPSA) is 75.6 Å². The van der Waals surface area contributed by atoms with Gasteiger partial charge >= 0.3 is 5.97 Å². The third-order valence-electron chi connectivity index (χ3n) is 3.95. The Morgan fingerprint density at radius 1 is 1.38 bits per heavy atom. The smallest absolute Gasteiger partial charge is 0.310 e. The van der Waals surface area contributed by atoms with Crippen molar-refractivity contribution in [1.82, 2.24) is 0 Å². The monoisotopic (exact) mass is 355 g/mol. The normalized spacial score (nSPS) is 16.5. The van der Waals surface area contributed by atoms with Gasteiger partial charge in [0.25, 0.3) is 0 Å². The molecule has 0 atom stereocenters. The van der Waals surface area contributed by atoms with E-state index in [-0.39, 0.29) is 12.3 Å². The fourth-order valence-corrected chi connectivity index (χ4v) is 3.32. The number of hydrogen-bond donors (Lipinski definition) is 2. The number of amides is 1. The van der Waals surface area contributed by atoms with Crippen LogP contribution in [0.3, 0.4) is 0 Å². The molecule has 1 aromatic rings. The van der Waals surface area contributed by atoms with E-state index in [0.29, 0.717) is 24.3 Å². The Balaban J connectivity index is 2.04. The summed E-state index contributed by atoms with van der Waals surface area (Å²) in [6.07, 6.45) is 2.90. The highest BCUT2D eigenvalue weighted by atomic mass is 79.9. The summed E-state index contributed by atoms with van der Waals surface area (Å²) in [5, 5.41) is 12.1. The molecule has 21 heavy (non-hydrogen) atoms. The molecule has 0 aromatic heterocycles. The van der Waals surface area contributed by atoms with Crippen molar-refractivity contribution >= 4 is 33.5 Å². The second-order valence-electron chi connectivity index (χ2n) is 5.37. The van der Waals surface area contributed by atoms with E-state index in [4.69, 9.17) is 4.74 Å². The van der Waals surface area contributed by atoms with Crippen LogP contribution < -0.4 is 10.1 Å². The first-order chi connectivity index (χ1) is 9.97. The minimum Gasteiger partial charge on any atom is -0.496 e. The highest BCUT2D eigenvalue weighted by Crippen LogP contribution is 2.41. The number of rotatable bonds is 5. The average molecular weight is 356 g/mol. The standard InChI is InChI=1S/C15H18BrNO4/c1-21-12-5-4-10(8-11(12)16)17-13(18)9-15(14(19)20)6-2-3-7-15/h4-5,8H,2-3,6-7,9H2,1H3,(H,17,18)(H,19,20). The number of carbonyl (C=O) groups excluding carboxylic acids is 1. The third kappa shape index (κ3) is 3.56. The van der Waals surface area contributed by atoms with Crippen LogP contribution >= 0.6 is 15.9 Å². The first kappa shape index (κ1) is 15.8. The summed E-state index contributed by atoms with van der Waals surface area (Å²) in [5.41, 5.74) is -0.278. The Hall–Kier alpha value is -1.56. The Labute approximate surface area is 131 Å². The van der Waals surface area contributed by atoms with Crippen LogP contribution in [0.1, 0.15) is 32.1 Å². The summed E-state index contributed by atoms with van der Waals surface area (Å²) >= 11 is 3.35. The van der Waals surface area contributed by atoms with Gasteiger partial charge in [-0.2, -0.15) is 0 Å². The Morgan fingerprint density at radius 2 is 2.05 bits per heavy atom. The molecule has 1 aliphatic rings. The maximum Gasteiger partial charge on any atom is 0.310 e. The van der Waals surface area contributed by atoms with E-state index in [2.05, 4.69) is 21.2 Å². The lowest BCUT2D eigenvalue weighted by Gasteiger charge is -2.22. The summed E-state index contributed by atoms with van der Waals surface area (Å²) < 4.78 is 5.86. The minimum atomic E-state index is -0.895. The zero-order valence-corrected chi connectivity index (χ0v) is 13.4. The Bertz CT molecular complexity index is 553. The predicted molar refractivity (Wildman–Crippen MR) is 82.5 cm³/mol. The number of anilines is 1. The summed E-state index contributed by atoms with van der Waals surface area (Å²) in [5.74, 6) is -0.465. The maximum absolute atomic E-state index is 12.1. The van der Waals surface area contributed by atoms with Crippen molar-refractivity contribution in [2.24, 2.45) is 5.41 Å². The molecule has 114 valence electrons. The number of hydrogen-bond acceptors (Lipinski definition) is 3. The molecule has 1 aliphatic carbocycles. The molecule has 5 nitrogen and oxygen atoms in total. The van der Waals surface area contributed by atoms with Gasteiger partial charge in [-0.3, -0.25) is 9.59 Å². The van der Waals surface area contributed by atoms with Crippen molar-refractivity contribution in [3.05, 3.63) is 22.7 Å². The number of methoxy groups -OCH3 is 1. The first-order valence-corrected chi connectivity index (χ1v) is 7.63. The van der Waals surface area contributed by atoms with Gasteiger partial charge in [-0.1, -0.05) is 12.8 Å². The molecule has 0 radical (unpaired) electrons. The molecule has 2 rings (SSSR count). The van der Waals surface area contributed by atoms with E-state index in [1.165, 1.54) is 0 Å². The molecule has 0 saturated heterocycles. The Kier molecular flexibility index (Phi) is 4.88. The van der Waals surface area contributed by atoms with Crippen molar-refractivity contribution in [3.63, 3.8) is 0 Å². The molecular weight excluding hydrogens is 338 g/mol. The summed E-state index contributed by atoms with van der Waals surface area (Å²) in [4.78, 5) is 23.6. The van der Waals surface area contributed by atoms with Gasteiger partial charge in [-0.05, 0) is 47.0 Å². The van der Waals surface area contributed by atoms with E-state index in [0.717, 1.165) is 17.3 Å². The number of nitrogens with one attached hydrogen (secondary N) is 1. The molecule has 1 fully saturated rings. The highest BCUT2D eigenvalue weighted by Gasteiger charge is 2.42. The van der Waals surface area contributed by atoms with Gasteiger partial charge in [-0.25, -0.2) is 0 Å². The summed E-state index contributed by atoms with van der Waals surface area (Å²) in [7, 11) is 1.56. The van der Waals surface area contributed by atoms with Crippen LogP contribution in [0.15, 0.2) is 22.7 Å². The lowest BCUT2D eigenvalue weighted by molar-refractivity contribution is -0.150. The summed E-state index contributed by atoms with van der Waals surface area (Å²) in [6, 6.07) is 5.20. The molecular formula is C15H18BrNO4. The molecule has 2 N–H and O–H groups in total. The fraction of sp³-hybridized carbons (Fsp3) is 0.467. The molecule has 0 spiro atoms. The van der Waals surface area contributed by atoms with Gasteiger partial charge in [0.2, 0.25) is 5.91 Å². The number of benzene rings is 1. The van der Waals surface area contributed by atoms with Crippen molar-refractivity contribution in [3.8, 4) is 5.75 Å². The molecule has 6 heteroatoms. The van der Waals surface area contributed by atoms with Gasteiger partial charge in [0.15, 0.2) is 0 Å². The largest absolute Gasteiger partial charge is 0.496 e. The second kappa shape index (κ2) is 6.47. The first-order valence-electron chi connectivity index (χ1n) is 6.84. The molecule has 0 heterocycles. The van der Waals surface area contributed by atoms with E-state index < -0.39 is 11.4 Å². The average Bonchev–Trinajstić information content (AvgIpc) is 2.88. The van der Waals surface area contributed by atoms with Crippen molar-refractivity contribution < 1.29 is 19.4 Å². The molecule has 1 saturated carbocycles. The van der Waals surface area contributed by atoms with Crippen molar-refractivity contribution in [2.45, 2.75) is 32.1 Å². The lowest BCUT2D eigenvalue weighted by atomic mass is 9.82. The lowest BCUT2D eigenvalue weighted by Crippen LogP contribution is -2.32. The van der Waals surface area contributed by atoms with E-state index in [1.807, 2.05) is 0 Å². The van der Waals surface area contributed by atoms with Crippen LogP contribution in [0.25, 0.3) is 0 Å². The second-order valence-corrected chi connectivity index (χ2v) is 6.22. The number of carboxylic acid groups (broad SMARTS) is 1.